The van der Waals surface area contributed by atoms with E-state index in [-0.39, 0.29) is 0 Å². The molecule has 0 aromatic carbocycles. The zero-order valence-electron chi connectivity index (χ0n) is 9.50. The molecule has 0 fully saturated rings. The number of unbranched alkanes of at least 4 members (excludes halogenated alkanes) is 6. The van der Waals surface area contributed by atoms with Crippen molar-refractivity contribution in [2.75, 3.05) is 5.75 Å². The quantitative estimate of drug-likeness (QED) is 0.355. The maximum absolute atomic E-state index is 3.68. The highest BCUT2D eigenvalue weighted by atomic mass is 32.2. The zero-order chi connectivity index (χ0) is 10.5. The van der Waals surface area contributed by atoms with E-state index in [0.717, 1.165) is 5.75 Å². The van der Waals surface area contributed by atoms with Crippen molar-refractivity contribution in [2.24, 2.45) is 0 Å². The first kappa shape index (κ1) is 13.8. The van der Waals surface area contributed by atoms with Gasteiger partial charge in [0.25, 0.3) is 0 Å². The van der Waals surface area contributed by atoms with E-state index in [1.807, 2.05) is 17.8 Å². The van der Waals surface area contributed by atoms with E-state index in [1.165, 1.54) is 44.9 Å². The number of hydrogen-bond donors (Lipinski definition) is 0. The van der Waals surface area contributed by atoms with Gasteiger partial charge in [0.15, 0.2) is 0 Å². The maximum atomic E-state index is 3.68. The molecule has 0 aliphatic rings. The second-order valence-corrected chi connectivity index (χ2v) is 4.49. The lowest BCUT2D eigenvalue weighted by Gasteiger charge is -1.97. The van der Waals surface area contributed by atoms with E-state index in [0.29, 0.717) is 0 Å². The first-order valence-corrected chi connectivity index (χ1v) is 6.84. The van der Waals surface area contributed by atoms with Crippen molar-refractivity contribution >= 4 is 11.8 Å². The van der Waals surface area contributed by atoms with Crippen LogP contribution in [-0.4, -0.2) is 5.75 Å². The molecule has 0 nitrogen and oxygen atoms in total. The topological polar surface area (TPSA) is 0 Å². The Morgan fingerprint density at radius 1 is 1.07 bits per heavy atom. The minimum atomic E-state index is 1.03. The van der Waals surface area contributed by atoms with Crippen LogP contribution in [0.4, 0.5) is 0 Å². The lowest BCUT2D eigenvalue weighted by Crippen LogP contribution is -1.77. The van der Waals surface area contributed by atoms with Crippen molar-refractivity contribution in [3.8, 4) is 0 Å². The molecule has 0 heterocycles. The van der Waals surface area contributed by atoms with E-state index < -0.39 is 0 Å². The van der Waals surface area contributed by atoms with E-state index in [1.54, 1.807) is 0 Å². The molecule has 0 aromatic rings. The molecule has 0 amide bonds. The lowest BCUT2D eigenvalue weighted by molar-refractivity contribution is 0.611. The van der Waals surface area contributed by atoms with Crippen molar-refractivity contribution in [1.82, 2.24) is 0 Å². The van der Waals surface area contributed by atoms with Gasteiger partial charge in [-0.3, -0.25) is 0 Å². The highest BCUT2D eigenvalue weighted by Crippen LogP contribution is 2.08. The number of thioether (sulfide) groups is 1. The average molecular weight is 212 g/mol. The molecule has 0 N–H and O–H groups in total. The molecule has 0 aromatic heterocycles. The van der Waals surface area contributed by atoms with Gasteiger partial charge in [-0.25, -0.2) is 0 Å². The van der Waals surface area contributed by atoms with Crippen LogP contribution in [0.2, 0.25) is 0 Å². The van der Waals surface area contributed by atoms with Crippen molar-refractivity contribution in [3.05, 3.63) is 24.1 Å². The molecule has 0 spiro atoms. The average Bonchev–Trinajstić information content (AvgIpc) is 2.21. The number of hydrogen-bond acceptors (Lipinski definition) is 1. The van der Waals surface area contributed by atoms with Crippen LogP contribution < -0.4 is 0 Å². The number of rotatable bonds is 10. The molecule has 1 heteroatoms. The lowest BCUT2D eigenvalue weighted by atomic mass is 10.1. The summed E-state index contributed by atoms with van der Waals surface area (Å²) in [7, 11) is 0. The van der Waals surface area contributed by atoms with Crippen LogP contribution in [0, 0.1) is 0 Å². The molecule has 0 radical (unpaired) electrons. The minimum Gasteiger partial charge on any atom is -0.130 e. The minimum absolute atomic E-state index is 1.03. The summed E-state index contributed by atoms with van der Waals surface area (Å²) in [5.41, 5.74) is 0. The standard InChI is InChI=1S/C13H24S/c1-3-5-6-7-8-9-10-11-13-14-12-4-2/h4,11,13H,2-3,5-10,12H2,1H3/b13-11-. The van der Waals surface area contributed by atoms with Gasteiger partial charge in [-0.2, -0.15) is 0 Å². The fraction of sp³-hybridized carbons (Fsp3) is 0.692. The van der Waals surface area contributed by atoms with Crippen LogP contribution in [-0.2, 0) is 0 Å². The van der Waals surface area contributed by atoms with Gasteiger partial charge in [0, 0.05) is 5.75 Å². The number of allylic oxidation sites excluding steroid dienone is 1. The summed E-state index contributed by atoms with van der Waals surface area (Å²) < 4.78 is 0. The van der Waals surface area contributed by atoms with Crippen LogP contribution >= 0.6 is 11.8 Å². The molecular weight excluding hydrogens is 188 g/mol. The summed E-state index contributed by atoms with van der Waals surface area (Å²) in [6.07, 6.45) is 13.8. The van der Waals surface area contributed by atoms with Gasteiger partial charge in [0.1, 0.15) is 0 Å². The van der Waals surface area contributed by atoms with Crippen LogP contribution in [0.5, 0.6) is 0 Å². The molecule has 82 valence electrons. The van der Waals surface area contributed by atoms with Gasteiger partial charge in [-0.05, 0) is 18.2 Å². The summed E-state index contributed by atoms with van der Waals surface area (Å²) in [4.78, 5) is 0. The third-order valence-electron chi connectivity index (χ3n) is 2.13. The van der Waals surface area contributed by atoms with E-state index >= 15 is 0 Å². The summed E-state index contributed by atoms with van der Waals surface area (Å²) in [5, 5.41) is 2.20. The Labute approximate surface area is 93.9 Å². The normalized spacial score (nSPS) is 10.9. The fourth-order valence-corrected chi connectivity index (χ4v) is 1.82. The van der Waals surface area contributed by atoms with Crippen LogP contribution in [0.1, 0.15) is 51.9 Å². The van der Waals surface area contributed by atoms with E-state index in [4.69, 9.17) is 0 Å². The molecule has 0 saturated heterocycles. The molecular formula is C13H24S. The summed E-state index contributed by atoms with van der Waals surface area (Å²) in [6, 6.07) is 0. The summed E-state index contributed by atoms with van der Waals surface area (Å²) in [6.45, 7) is 5.95. The molecule has 14 heavy (non-hydrogen) atoms. The fourth-order valence-electron chi connectivity index (χ4n) is 1.30. The molecule has 0 aliphatic carbocycles. The van der Waals surface area contributed by atoms with Gasteiger partial charge in [-0.15, -0.1) is 18.3 Å². The summed E-state index contributed by atoms with van der Waals surface area (Å²) in [5.74, 6) is 1.03. The summed E-state index contributed by atoms with van der Waals surface area (Å²) >= 11 is 1.83. The Morgan fingerprint density at radius 3 is 2.50 bits per heavy atom. The largest absolute Gasteiger partial charge is 0.130 e. The van der Waals surface area contributed by atoms with E-state index in [9.17, 15) is 0 Å². The molecule has 0 rings (SSSR count). The predicted octanol–water partition coefficient (Wildman–Crippen LogP) is 5.17. The first-order chi connectivity index (χ1) is 6.91. The Bertz CT molecular complexity index is 138. The van der Waals surface area contributed by atoms with E-state index in [2.05, 4.69) is 25.0 Å². The third-order valence-corrected chi connectivity index (χ3v) is 2.94. The van der Waals surface area contributed by atoms with Crippen LogP contribution in [0.25, 0.3) is 0 Å². The van der Waals surface area contributed by atoms with Gasteiger partial charge < -0.3 is 0 Å². The highest BCUT2D eigenvalue weighted by molar-refractivity contribution is 8.02. The zero-order valence-corrected chi connectivity index (χ0v) is 10.3. The van der Waals surface area contributed by atoms with Crippen LogP contribution in [0.15, 0.2) is 24.1 Å². The van der Waals surface area contributed by atoms with Crippen molar-refractivity contribution < 1.29 is 0 Å². The first-order valence-electron chi connectivity index (χ1n) is 5.79. The molecule has 0 aliphatic heterocycles. The Morgan fingerprint density at radius 2 is 1.79 bits per heavy atom. The molecule has 0 unspecified atom stereocenters. The highest BCUT2D eigenvalue weighted by Gasteiger charge is 1.87. The second-order valence-electron chi connectivity index (χ2n) is 3.55. The third kappa shape index (κ3) is 11.8. The van der Waals surface area contributed by atoms with Crippen molar-refractivity contribution in [2.45, 2.75) is 51.9 Å². The van der Waals surface area contributed by atoms with Crippen LogP contribution in [0.3, 0.4) is 0 Å². The van der Waals surface area contributed by atoms with Crippen molar-refractivity contribution in [1.29, 1.82) is 0 Å². The molecule has 0 atom stereocenters. The predicted molar refractivity (Wildman–Crippen MR) is 69.8 cm³/mol. The SMILES string of the molecule is C=CCS/C=C\CCCCCCCC. The van der Waals surface area contributed by atoms with Gasteiger partial charge in [0.2, 0.25) is 0 Å². The van der Waals surface area contributed by atoms with Crippen molar-refractivity contribution in [3.63, 3.8) is 0 Å². The maximum Gasteiger partial charge on any atom is 0.0152 e. The van der Waals surface area contributed by atoms with Gasteiger partial charge >= 0.3 is 0 Å². The monoisotopic (exact) mass is 212 g/mol. The molecule has 0 bridgehead atoms. The Kier molecular flexibility index (Phi) is 12.7. The molecule has 0 saturated carbocycles. The second kappa shape index (κ2) is 12.8. The van der Waals surface area contributed by atoms with Gasteiger partial charge in [-0.1, -0.05) is 51.2 Å². The smallest absolute Gasteiger partial charge is 0.0152 e. The Hall–Kier alpha value is -0.170. The Balaban J connectivity index is 2.97. The van der Waals surface area contributed by atoms with Gasteiger partial charge in [0.05, 0.1) is 0 Å².